The van der Waals surface area contributed by atoms with Gasteiger partial charge in [0, 0.05) is 11.3 Å². The minimum atomic E-state index is -2.83. The van der Waals surface area contributed by atoms with Crippen LogP contribution >= 0.6 is 11.5 Å². The average Bonchev–Trinajstić information content (AvgIpc) is 2.97. The van der Waals surface area contributed by atoms with Crippen molar-refractivity contribution in [3.05, 3.63) is 40.4 Å². The minimum absolute atomic E-state index is 0.206. The lowest BCUT2D eigenvalue weighted by Gasteiger charge is -2.23. The Morgan fingerprint density at radius 1 is 1.25 bits per heavy atom. The normalized spacial score (nSPS) is 17.5. The molecule has 128 valence electrons. The van der Waals surface area contributed by atoms with E-state index in [-0.39, 0.29) is 17.4 Å². The van der Waals surface area contributed by atoms with Crippen molar-refractivity contribution in [2.45, 2.75) is 13.5 Å². The molecule has 1 aromatic heterocycles. The molecule has 0 atom stereocenters. The molecule has 0 bridgehead atoms. The first kappa shape index (κ1) is 17.0. The topological polar surface area (TPSA) is 93.5 Å². The number of carbonyl (C=O) groups is 1. The Labute approximate surface area is 144 Å². The fourth-order valence-corrected chi connectivity index (χ4v) is 4.58. The third-order valence-electron chi connectivity index (χ3n) is 4.06. The summed E-state index contributed by atoms with van der Waals surface area (Å²) in [7, 11) is -2.83. The zero-order valence-corrected chi connectivity index (χ0v) is 14.9. The molecule has 0 unspecified atom stereocenters. The van der Waals surface area contributed by atoms with E-state index >= 15 is 0 Å². The molecule has 1 saturated heterocycles. The summed E-state index contributed by atoms with van der Waals surface area (Å²) in [5.41, 5.74) is 2.46. The predicted octanol–water partition coefficient (Wildman–Crippen LogP) is -0.0879. The highest BCUT2D eigenvalue weighted by Gasteiger charge is 2.24. The number of nitrogens with one attached hydrogen (secondary N) is 2. The summed E-state index contributed by atoms with van der Waals surface area (Å²) in [4.78, 5) is 13.9. The molecule has 24 heavy (non-hydrogen) atoms. The van der Waals surface area contributed by atoms with Crippen LogP contribution < -0.4 is 10.2 Å². The van der Waals surface area contributed by atoms with E-state index in [9.17, 15) is 13.2 Å². The van der Waals surface area contributed by atoms with Gasteiger partial charge in [-0.2, -0.15) is 0 Å². The van der Waals surface area contributed by atoms with Gasteiger partial charge in [0.25, 0.3) is 5.91 Å². The number of aryl methyl sites for hydroxylation is 1. The van der Waals surface area contributed by atoms with E-state index in [0.29, 0.717) is 29.3 Å². The van der Waals surface area contributed by atoms with Crippen molar-refractivity contribution in [3.8, 4) is 0 Å². The Balaban J connectivity index is 1.58. The van der Waals surface area contributed by atoms with Crippen LogP contribution in [0.1, 0.15) is 20.9 Å². The van der Waals surface area contributed by atoms with Crippen LogP contribution in [-0.4, -0.2) is 48.5 Å². The van der Waals surface area contributed by atoms with Crippen LogP contribution in [0.2, 0.25) is 0 Å². The molecule has 7 nitrogen and oxygen atoms in total. The van der Waals surface area contributed by atoms with E-state index in [2.05, 4.69) is 14.9 Å². The van der Waals surface area contributed by atoms with Crippen LogP contribution in [0, 0.1) is 6.92 Å². The van der Waals surface area contributed by atoms with Crippen molar-refractivity contribution >= 4 is 33.0 Å². The summed E-state index contributed by atoms with van der Waals surface area (Å²) in [5, 5.41) is 6.66. The van der Waals surface area contributed by atoms with Crippen molar-refractivity contribution in [3.63, 3.8) is 0 Å². The minimum Gasteiger partial charge on any atom is -0.329 e. The molecule has 0 saturated carbocycles. The molecule has 1 aliphatic rings. The lowest BCUT2D eigenvalue weighted by Crippen LogP contribution is -3.13. The first-order valence-corrected chi connectivity index (χ1v) is 10.3. The summed E-state index contributed by atoms with van der Waals surface area (Å²) in [5.74, 6) is 0.319. The van der Waals surface area contributed by atoms with E-state index in [1.54, 1.807) is 6.92 Å². The monoisotopic (exact) mass is 367 g/mol. The Hall–Kier alpha value is -1.84. The van der Waals surface area contributed by atoms with Gasteiger partial charge in [-0.3, -0.25) is 4.79 Å². The number of anilines is 1. The van der Waals surface area contributed by atoms with E-state index in [4.69, 9.17) is 0 Å². The average molecular weight is 367 g/mol. The maximum Gasteiger partial charge on any atom is 0.269 e. The number of amides is 1. The van der Waals surface area contributed by atoms with Crippen molar-refractivity contribution in [2.24, 2.45) is 0 Å². The second kappa shape index (κ2) is 6.96. The van der Waals surface area contributed by atoms with Crippen LogP contribution in [0.3, 0.4) is 0 Å². The van der Waals surface area contributed by atoms with E-state index in [1.807, 2.05) is 24.3 Å². The molecule has 1 fully saturated rings. The molecule has 3 rings (SSSR count). The highest BCUT2D eigenvalue weighted by Crippen LogP contribution is 2.14. The van der Waals surface area contributed by atoms with E-state index in [1.165, 1.54) is 4.90 Å². The van der Waals surface area contributed by atoms with Gasteiger partial charge < -0.3 is 10.2 Å². The number of rotatable bonds is 4. The third kappa shape index (κ3) is 4.16. The molecule has 1 aromatic carbocycles. The second-order valence-electron chi connectivity index (χ2n) is 5.92. The van der Waals surface area contributed by atoms with Gasteiger partial charge in [0.1, 0.15) is 11.4 Å². The van der Waals surface area contributed by atoms with Crippen LogP contribution in [0.4, 0.5) is 5.69 Å². The number of sulfone groups is 1. The third-order valence-corrected chi connectivity index (χ3v) is 6.54. The Kier molecular flexibility index (Phi) is 4.93. The molecule has 0 radical (unpaired) electrons. The maximum absolute atomic E-state index is 12.1. The van der Waals surface area contributed by atoms with Gasteiger partial charge in [-0.05, 0) is 30.6 Å². The highest BCUT2D eigenvalue weighted by molar-refractivity contribution is 7.91. The number of aromatic nitrogens is 2. The fraction of sp³-hybridized carbons (Fsp3) is 0.400. The molecule has 9 heteroatoms. The van der Waals surface area contributed by atoms with Crippen LogP contribution in [0.5, 0.6) is 0 Å². The van der Waals surface area contributed by atoms with Crippen LogP contribution in [-0.2, 0) is 16.4 Å². The Morgan fingerprint density at radius 3 is 2.50 bits per heavy atom. The highest BCUT2D eigenvalue weighted by atomic mass is 32.2. The molecule has 1 aliphatic heterocycles. The summed E-state index contributed by atoms with van der Waals surface area (Å²) in [6, 6.07) is 7.64. The fourth-order valence-electron chi connectivity index (χ4n) is 2.63. The number of benzene rings is 1. The number of quaternary nitrogens is 1. The molecule has 1 amide bonds. The first-order chi connectivity index (χ1) is 11.4. The summed E-state index contributed by atoms with van der Waals surface area (Å²) in [6.07, 6.45) is 0. The van der Waals surface area contributed by atoms with E-state index < -0.39 is 9.84 Å². The lowest BCUT2D eigenvalue weighted by molar-refractivity contribution is -0.910. The lowest BCUT2D eigenvalue weighted by atomic mass is 10.2. The standard InChI is InChI=1S/C15H18N4O3S2/c1-11-14(23-18-17-11)15(20)16-13-4-2-12(3-5-13)10-19-6-8-24(21,22)9-7-19/h2-5H,6-10H2,1H3,(H,16,20)/p+1. The molecular formula is C15H19N4O3S2+. The molecule has 2 heterocycles. The number of hydrogen-bond acceptors (Lipinski definition) is 6. The van der Waals surface area contributed by atoms with Crippen LogP contribution in [0.15, 0.2) is 24.3 Å². The van der Waals surface area contributed by atoms with Crippen molar-refractivity contribution in [2.75, 3.05) is 29.9 Å². The van der Waals surface area contributed by atoms with Crippen molar-refractivity contribution in [1.82, 2.24) is 9.59 Å². The summed E-state index contributed by atoms with van der Waals surface area (Å²) in [6.45, 7) is 3.85. The summed E-state index contributed by atoms with van der Waals surface area (Å²) < 4.78 is 26.7. The summed E-state index contributed by atoms with van der Waals surface area (Å²) >= 11 is 1.08. The Bertz CT molecular complexity index is 817. The smallest absolute Gasteiger partial charge is 0.269 e. The number of carbonyl (C=O) groups excluding carboxylic acids is 1. The zero-order valence-electron chi connectivity index (χ0n) is 13.3. The van der Waals surface area contributed by atoms with Gasteiger partial charge in [0.05, 0.1) is 30.3 Å². The zero-order chi connectivity index (χ0) is 17.2. The van der Waals surface area contributed by atoms with Crippen molar-refractivity contribution in [1.29, 1.82) is 0 Å². The maximum atomic E-state index is 12.1. The second-order valence-corrected chi connectivity index (χ2v) is 8.97. The first-order valence-electron chi connectivity index (χ1n) is 7.66. The van der Waals surface area contributed by atoms with Gasteiger partial charge in [-0.1, -0.05) is 16.6 Å². The molecule has 0 aliphatic carbocycles. The SMILES string of the molecule is Cc1nnsc1C(=O)Nc1ccc(C[NH+]2CCS(=O)(=O)CC2)cc1. The van der Waals surface area contributed by atoms with E-state index in [0.717, 1.165) is 23.6 Å². The van der Waals surface area contributed by atoms with Gasteiger partial charge in [0.15, 0.2) is 9.84 Å². The predicted molar refractivity (Wildman–Crippen MR) is 92.1 cm³/mol. The van der Waals surface area contributed by atoms with Crippen LogP contribution in [0.25, 0.3) is 0 Å². The molecule has 2 aromatic rings. The van der Waals surface area contributed by atoms with Crippen molar-refractivity contribution < 1.29 is 18.1 Å². The number of nitrogens with zero attached hydrogens (tertiary/aromatic N) is 2. The molecule has 0 spiro atoms. The molecule has 2 N–H and O–H groups in total. The largest absolute Gasteiger partial charge is 0.329 e. The van der Waals surface area contributed by atoms with Gasteiger partial charge in [-0.25, -0.2) is 8.42 Å². The van der Waals surface area contributed by atoms with Gasteiger partial charge in [-0.15, -0.1) is 5.10 Å². The van der Waals surface area contributed by atoms with Gasteiger partial charge in [0.2, 0.25) is 0 Å². The molecular weight excluding hydrogens is 348 g/mol. The van der Waals surface area contributed by atoms with Gasteiger partial charge >= 0.3 is 0 Å². The number of hydrogen-bond donors (Lipinski definition) is 2. The quantitative estimate of drug-likeness (QED) is 0.788. The Morgan fingerprint density at radius 2 is 1.92 bits per heavy atom.